The second-order valence-corrected chi connectivity index (χ2v) is 6.72. The van der Waals surface area contributed by atoms with Crippen molar-refractivity contribution < 1.29 is 19.0 Å². The number of hydrogen-bond acceptors (Lipinski definition) is 6. The predicted octanol–water partition coefficient (Wildman–Crippen LogP) is 3.15. The number of aromatic nitrogens is 4. The maximum Gasteiger partial charge on any atom is 0.412 e. The van der Waals surface area contributed by atoms with E-state index in [4.69, 9.17) is 21.4 Å². The maximum absolute atomic E-state index is 13.5. The summed E-state index contributed by atoms with van der Waals surface area (Å²) in [6.45, 7) is 3.32. The Morgan fingerprint density at radius 2 is 2.14 bits per heavy atom. The molecule has 29 heavy (non-hydrogen) atoms. The number of tetrazole rings is 1. The molecule has 1 aromatic heterocycles. The summed E-state index contributed by atoms with van der Waals surface area (Å²) in [7, 11) is 0. The fourth-order valence-electron chi connectivity index (χ4n) is 2.65. The van der Waals surface area contributed by atoms with Crippen molar-refractivity contribution >= 4 is 17.7 Å². The molecule has 1 atom stereocenters. The van der Waals surface area contributed by atoms with Crippen LogP contribution in [0.5, 0.6) is 5.75 Å². The van der Waals surface area contributed by atoms with Crippen LogP contribution in [-0.2, 0) is 6.42 Å². The molecule has 1 unspecified atom stereocenters. The van der Waals surface area contributed by atoms with Gasteiger partial charge in [0.2, 0.25) is 0 Å². The molecule has 1 amide bonds. The molecule has 1 heterocycles. The number of aliphatic hydroxyl groups excluding tert-OH is 1. The van der Waals surface area contributed by atoms with Crippen LogP contribution in [0.3, 0.4) is 0 Å². The number of aryl methyl sites for hydroxylation is 1. The topological polar surface area (TPSA) is 102 Å². The van der Waals surface area contributed by atoms with Gasteiger partial charge in [0.15, 0.2) is 5.82 Å². The van der Waals surface area contributed by atoms with Gasteiger partial charge in [-0.15, -0.1) is 5.10 Å². The summed E-state index contributed by atoms with van der Waals surface area (Å²) >= 11 is 6.21. The van der Waals surface area contributed by atoms with Crippen molar-refractivity contribution in [3.8, 4) is 22.6 Å². The van der Waals surface area contributed by atoms with Crippen molar-refractivity contribution in [1.29, 1.82) is 0 Å². The molecule has 2 aromatic carbocycles. The fourth-order valence-corrected chi connectivity index (χ4v) is 2.93. The van der Waals surface area contributed by atoms with Gasteiger partial charge in [0.1, 0.15) is 11.6 Å². The van der Waals surface area contributed by atoms with Gasteiger partial charge in [0.05, 0.1) is 23.4 Å². The van der Waals surface area contributed by atoms with Gasteiger partial charge in [-0.05, 0) is 53.2 Å². The zero-order valence-corrected chi connectivity index (χ0v) is 16.5. The third-order valence-electron chi connectivity index (χ3n) is 4.08. The highest BCUT2D eigenvalue weighted by molar-refractivity contribution is 6.33. The number of nitrogens with zero attached hydrogens (tertiary/aromatic N) is 4. The van der Waals surface area contributed by atoms with Crippen LogP contribution in [-0.4, -0.2) is 44.1 Å². The van der Waals surface area contributed by atoms with Crippen LogP contribution in [0, 0.1) is 5.82 Å². The molecule has 0 aliphatic heterocycles. The Morgan fingerprint density at radius 1 is 1.34 bits per heavy atom. The van der Waals surface area contributed by atoms with Crippen LogP contribution < -0.4 is 10.1 Å². The zero-order valence-electron chi connectivity index (χ0n) is 15.8. The highest BCUT2D eigenvalue weighted by atomic mass is 35.5. The lowest BCUT2D eigenvalue weighted by molar-refractivity contribution is 0.186. The molecule has 10 heteroatoms. The molecule has 0 aliphatic rings. The van der Waals surface area contributed by atoms with Crippen LogP contribution in [0.15, 0.2) is 36.4 Å². The first-order valence-electron chi connectivity index (χ1n) is 8.88. The maximum atomic E-state index is 13.5. The summed E-state index contributed by atoms with van der Waals surface area (Å²) in [5, 5.41) is 23.4. The lowest BCUT2D eigenvalue weighted by atomic mass is 10.0. The second kappa shape index (κ2) is 8.97. The van der Waals surface area contributed by atoms with Gasteiger partial charge in [-0.2, -0.15) is 4.68 Å². The summed E-state index contributed by atoms with van der Waals surface area (Å²) in [6.07, 6.45) is -0.147. The molecule has 0 fully saturated rings. The van der Waals surface area contributed by atoms with Crippen molar-refractivity contribution in [2.75, 3.05) is 6.61 Å². The number of halogens is 2. The van der Waals surface area contributed by atoms with Crippen LogP contribution in [0.4, 0.5) is 9.18 Å². The molecule has 8 nitrogen and oxygen atoms in total. The highest BCUT2D eigenvalue weighted by Crippen LogP contribution is 2.33. The number of nitrogens with one attached hydrogen (secondary N) is 1. The molecule has 3 rings (SSSR count). The Hall–Kier alpha value is -3.04. The smallest absolute Gasteiger partial charge is 0.410 e. The van der Waals surface area contributed by atoms with E-state index in [1.54, 1.807) is 25.1 Å². The molecule has 2 N–H and O–H groups in total. The minimum Gasteiger partial charge on any atom is -0.410 e. The molecular weight excluding hydrogens is 401 g/mol. The highest BCUT2D eigenvalue weighted by Gasteiger charge is 2.15. The quantitative estimate of drug-likeness (QED) is 0.636. The molecule has 0 aliphatic carbocycles. The SMILES string of the molecule is CCc1nnnn1-c1cc(OC(=O)NC(C)CO)cc(-c2ccc(F)cc2Cl)c1. The summed E-state index contributed by atoms with van der Waals surface area (Å²) in [5.41, 5.74) is 1.68. The Labute approximate surface area is 171 Å². The number of amides is 1. The third kappa shape index (κ3) is 4.87. The Morgan fingerprint density at radius 3 is 2.83 bits per heavy atom. The van der Waals surface area contributed by atoms with E-state index in [9.17, 15) is 9.18 Å². The summed E-state index contributed by atoms with van der Waals surface area (Å²) in [4.78, 5) is 12.1. The molecule has 0 radical (unpaired) electrons. The van der Waals surface area contributed by atoms with Crippen molar-refractivity contribution in [3.05, 3.63) is 53.1 Å². The van der Waals surface area contributed by atoms with Gasteiger partial charge in [0, 0.05) is 18.1 Å². The molecule has 3 aromatic rings. The van der Waals surface area contributed by atoms with E-state index in [0.717, 1.165) is 0 Å². The molecule has 0 saturated carbocycles. The number of aliphatic hydroxyl groups is 1. The van der Waals surface area contributed by atoms with E-state index in [2.05, 4.69) is 20.8 Å². The third-order valence-corrected chi connectivity index (χ3v) is 4.39. The largest absolute Gasteiger partial charge is 0.412 e. The van der Waals surface area contributed by atoms with Gasteiger partial charge in [-0.3, -0.25) is 0 Å². The Bertz CT molecular complexity index is 1030. The number of carbonyl (C=O) groups excluding carboxylic acids is 1. The first-order chi connectivity index (χ1) is 13.9. The standard InChI is InChI=1S/C19H19ClFN5O3/c1-3-18-23-24-25-26(18)14-6-12(16-5-4-13(21)8-17(16)20)7-15(9-14)29-19(28)22-11(2)10-27/h4-9,11,27H,3,10H2,1-2H3,(H,22,28). The lowest BCUT2D eigenvalue weighted by Gasteiger charge is -2.14. The molecule has 0 spiro atoms. The van der Waals surface area contributed by atoms with E-state index in [1.807, 2.05) is 6.92 Å². The Balaban J connectivity index is 2.06. The predicted molar refractivity (Wildman–Crippen MR) is 105 cm³/mol. The summed E-state index contributed by atoms with van der Waals surface area (Å²) in [5.74, 6) is 0.354. The number of benzene rings is 2. The average molecular weight is 420 g/mol. The number of ether oxygens (including phenoxy) is 1. The van der Waals surface area contributed by atoms with Crippen molar-refractivity contribution in [3.63, 3.8) is 0 Å². The Kier molecular flexibility index (Phi) is 6.40. The van der Waals surface area contributed by atoms with E-state index in [0.29, 0.717) is 29.1 Å². The van der Waals surface area contributed by atoms with Gasteiger partial charge in [0.25, 0.3) is 0 Å². The monoisotopic (exact) mass is 419 g/mol. The van der Waals surface area contributed by atoms with E-state index in [-0.39, 0.29) is 17.4 Å². The molecule has 0 bridgehead atoms. The van der Waals surface area contributed by atoms with Crippen molar-refractivity contribution in [2.45, 2.75) is 26.3 Å². The fraction of sp³-hybridized carbons (Fsp3) is 0.263. The normalized spacial score (nSPS) is 11.9. The van der Waals surface area contributed by atoms with Crippen LogP contribution in [0.2, 0.25) is 5.02 Å². The number of hydrogen-bond donors (Lipinski definition) is 2. The van der Waals surface area contributed by atoms with Gasteiger partial charge >= 0.3 is 6.09 Å². The number of rotatable bonds is 6. The first kappa shape index (κ1) is 20.7. The van der Waals surface area contributed by atoms with Crippen molar-refractivity contribution in [1.82, 2.24) is 25.5 Å². The van der Waals surface area contributed by atoms with E-state index >= 15 is 0 Å². The summed E-state index contributed by atoms with van der Waals surface area (Å²) in [6, 6.07) is 8.52. The average Bonchev–Trinajstić information content (AvgIpc) is 3.16. The minimum absolute atomic E-state index is 0.207. The zero-order chi connectivity index (χ0) is 21.0. The molecule has 152 valence electrons. The molecular formula is C19H19ClFN5O3. The van der Waals surface area contributed by atoms with Crippen LogP contribution >= 0.6 is 11.6 Å². The van der Waals surface area contributed by atoms with Crippen molar-refractivity contribution in [2.24, 2.45) is 0 Å². The van der Waals surface area contributed by atoms with Gasteiger partial charge in [-0.25, -0.2) is 9.18 Å². The van der Waals surface area contributed by atoms with Crippen LogP contribution in [0.1, 0.15) is 19.7 Å². The van der Waals surface area contributed by atoms with E-state index < -0.39 is 18.0 Å². The molecule has 0 saturated heterocycles. The minimum atomic E-state index is -0.729. The summed E-state index contributed by atoms with van der Waals surface area (Å²) < 4.78 is 20.3. The second-order valence-electron chi connectivity index (χ2n) is 6.32. The van der Waals surface area contributed by atoms with Crippen LogP contribution in [0.25, 0.3) is 16.8 Å². The van der Waals surface area contributed by atoms with E-state index in [1.165, 1.54) is 22.9 Å². The van der Waals surface area contributed by atoms with Gasteiger partial charge < -0.3 is 15.2 Å². The van der Waals surface area contributed by atoms with Gasteiger partial charge in [-0.1, -0.05) is 18.5 Å². The number of carbonyl (C=O) groups is 1. The first-order valence-corrected chi connectivity index (χ1v) is 9.26. The lowest BCUT2D eigenvalue weighted by Crippen LogP contribution is -2.37.